The minimum atomic E-state index is -0.447. The number of carbonyl (C=O) groups is 2. The van der Waals surface area contributed by atoms with Crippen LogP contribution >= 0.6 is 0 Å². The Hall–Kier alpha value is -3.02. The van der Waals surface area contributed by atoms with Crippen LogP contribution in [0.2, 0.25) is 0 Å². The summed E-state index contributed by atoms with van der Waals surface area (Å²) < 4.78 is 10.7. The second-order valence-electron chi connectivity index (χ2n) is 7.79. The van der Waals surface area contributed by atoms with Crippen LogP contribution in [0.25, 0.3) is 0 Å². The van der Waals surface area contributed by atoms with Gasteiger partial charge in [0.15, 0.2) is 0 Å². The van der Waals surface area contributed by atoms with Crippen LogP contribution in [0.3, 0.4) is 0 Å². The highest BCUT2D eigenvalue weighted by molar-refractivity contribution is 5.82. The lowest BCUT2D eigenvalue weighted by Crippen LogP contribution is -2.49. The monoisotopic (exact) mass is 394 g/mol. The minimum absolute atomic E-state index is 0.0866. The molecular formula is C23H26N2O4. The van der Waals surface area contributed by atoms with Crippen molar-refractivity contribution in [3.63, 3.8) is 0 Å². The molecule has 2 amide bonds. The van der Waals surface area contributed by atoms with Gasteiger partial charge in [-0.1, -0.05) is 42.5 Å². The molecule has 1 atom stereocenters. The van der Waals surface area contributed by atoms with Crippen molar-refractivity contribution in [2.24, 2.45) is 0 Å². The molecule has 2 aliphatic heterocycles. The Balaban J connectivity index is 1.41. The van der Waals surface area contributed by atoms with Gasteiger partial charge < -0.3 is 19.3 Å². The zero-order valence-electron chi connectivity index (χ0n) is 16.7. The average Bonchev–Trinajstić information content (AvgIpc) is 3.30. The fourth-order valence-corrected chi connectivity index (χ4v) is 4.36. The normalized spacial score (nSPS) is 21.1. The number of methoxy groups -OCH3 is 1. The van der Waals surface area contributed by atoms with Gasteiger partial charge in [0.1, 0.15) is 12.4 Å². The number of ether oxygens (including phenoxy) is 2. The highest BCUT2D eigenvalue weighted by Gasteiger charge is 2.52. The molecule has 1 unspecified atom stereocenters. The van der Waals surface area contributed by atoms with Crippen molar-refractivity contribution < 1.29 is 19.1 Å². The Morgan fingerprint density at radius 1 is 1.07 bits per heavy atom. The summed E-state index contributed by atoms with van der Waals surface area (Å²) in [6.45, 7) is 1.98. The first kappa shape index (κ1) is 19.3. The van der Waals surface area contributed by atoms with Gasteiger partial charge in [-0.3, -0.25) is 4.79 Å². The maximum absolute atomic E-state index is 12.8. The third-order valence-electron chi connectivity index (χ3n) is 5.87. The third-order valence-corrected chi connectivity index (χ3v) is 5.87. The molecule has 6 nitrogen and oxygen atoms in total. The molecule has 1 spiro atoms. The number of hydrogen-bond donors (Lipinski definition) is 0. The molecule has 29 heavy (non-hydrogen) atoms. The van der Waals surface area contributed by atoms with Gasteiger partial charge in [-0.2, -0.15) is 0 Å². The molecule has 4 rings (SSSR count). The molecular weight excluding hydrogens is 368 g/mol. The van der Waals surface area contributed by atoms with Crippen molar-refractivity contribution in [3.05, 3.63) is 65.7 Å². The van der Waals surface area contributed by atoms with Crippen LogP contribution in [0.15, 0.2) is 54.6 Å². The minimum Gasteiger partial charge on any atom is -0.497 e. The Labute approximate surface area is 171 Å². The summed E-state index contributed by atoms with van der Waals surface area (Å²) in [5.74, 6) is 0.879. The van der Waals surface area contributed by atoms with E-state index in [4.69, 9.17) is 9.47 Å². The Morgan fingerprint density at radius 2 is 1.83 bits per heavy atom. The predicted molar refractivity (Wildman–Crippen MR) is 108 cm³/mol. The maximum Gasteiger partial charge on any atom is 0.410 e. The van der Waals surface area contributed by atoms with E-state index in [9.17, 15) is 9.59 Å². The van der Waals surface area contributed by atoms with Crippen molar-refractivity contribution in [3.8, 4) is 5.75 Å². The number of carbonyl (C=O) groups excluding carboxylic acids is 2. The Morgan fingerprint density at radius 3 is 2.55 bits per heavy atom. The smallest absolute Gasteiger partial charge is 0.410 e. The van der Waals surface area contributed by atoms with E-state index < -0.39 is 5.54 Å². The second kappa shape index (κ2) is 8.15. The van der Waals surface area contributed by atoms with Crippen LogP contribution in [0, 0.1) is 0 Å². The van der Waals surface area contributed by atoms with Crippen LogP contribution in [0.4, 0.5) is 4.79 Å². The summed E-state index contributed by atoms with van der Waals surface area (Å²) in [6, 6.07) is 17.4. The summed E-state index contributed by atoms with van der Waals surface area (Å²) in [7, 11) is 1.63. The van der Waals surface area contributed by atoms with Gasteiger partial charge in [0.25, 0.3) is 0 Å². The third kappa shape index (κ3) is 4.06. The van der Waals surface area contributed by atoms with Crippen molar-refractivity contribution in [2.75, 3.05) is 20.2 Å². The second-order valence-corrected chi connectivity index (χ2v) is 7.79. The first-order chi connectivity index (χ1) is 14.1. The van der Waals surface area contributed by atoms with Gasteiger partial charge in [0, 0.05) is 19.6 Å². The molecule has 2 heterocycles. The van der Waals surface area contributed by atoms with Crippen molar-refractivity contribution in [1.29, 1.82) is 0 Å². The summed E-state index contributed by atoms with van der Waals surface area (Å²) in [5, 5.41) is 0. The predicted octanol–water partition coefficient (Wildman–Crippen LogP) is 3.60. The number of benzene rings is 2. The van der Waals surface area contributed by atoms with Gasteiger partial charge in [-0.15, -0.1) is 0 Å². The van der Waals surface area contributed by atoms with E-state index in [1.165, 1.54) is 0 Å². The summed E-state index contributed by atoms with van der Waals surface area (Å²) in [4.78, 5) is 29.1. The Bertz CT molecular complexity index is 868. The highest BCUT2D eigenvalue weighted by atomic mass is 16.6. The molecule has 0 N–H and O–H groups in total. The Kier molecular flexibility index (Phi) is 5.43. The maximum atomic E-state index is 12.8. The lowest BCUT2D eigenvalue weighted by atomic mass is 9.95. The number of nitrogens with zero attached hydrogens (tertiary/aromatic N) is 2. The molecule has 0 radical (unpaired) electrons. The van der Waals surface area contributed by atoms with Crippen molar-refractivity contribution >= 4 is 12.0 Å². The fraction of sp³-hybridized carbons (Fsp3) is 0.391. The first-order valence-electron chi connectivity index (χ1n) is 9.99. The zero-order valence-corrected chi connectivity index (χ0v) is 16.7. The van der Waals surface area contributed by atoms with Crippen LogP contribution < -0.4 is 4.74 Å². The molecule has 2 fully saturated rings. The largest absolute Gasteiger partial charge is 0.497 e. The van der Waals surface area contributed by atoms with Gasteiger partial charge in [0.2, 0.25) is 5.91 Å². The highest BCUT2D eigenvalue weighted by Crippen LogP contribution is 2.39. The van der Waals surface area contributed by atoms with E-state index in [0.29, 0.717) is 26.1 Å². The average molecular weight is 394 g/mol. The van der Waals surface area contributed by atoms with Crippen LogP contribution in [-0.4, -0.2) is 47.5 Å². The van der Waals surface area contributed by atoms with Crippen LogP contribution in [0.5, 0.6) is 5.75 Å². The molecule has 2 aliphatic rings. The fourth-order valence-electron chi connectivity index (χ4n) is 4.36. The molecule has 0 aliphatic carbocycles. The van der Waals surface area contributed by atoms with Crippen LogP contribution in [0.1, 0.15) is 30.4 Å². The van der Waals surface area contributed by atoms with E-state index in [2.05, 4.69) is 0 Å². The number of rotatable bonds is 5. The van der Waals surface area contributed by atoms with E-state index in [-0.39, 0.29) is 18.6 Å². The molecule has 0 aromatic heterocycles. The lowest BCUT2D eigenvalue weighted by molar-refractivity contribution is -0.128. The van der Waals surface area contributed by atoms with E-state index in [1.807, 2.05) is 59.5 Å². The molecule has 152 valence electrons. The summed E-state index contributed by atoms with van der Waals surface area (Å²) >= 11 is 0. The summed E-state index contributed by atoms with van der Waals surface area (Å²) in [6.07, 6.45) is 1.76. The lowest BCUT2D eigenvalue weighted by Gasteiger charge is -2.33. The number of hydrogen-bond acceptors (Lipinski definition) is 4. The summed E-state index contributed by atoms with van der Waals surface area (Å²) in [5.41, 5.74) is 1.56. The van der Waals surface area contributed by atoms with Crippen molar-refractivity contribution in [1.82, 2.24) is 9.80 Å². The molecule has 0 bridgehead atoms. The van der Waals surface area contributed by atoms with E-state index >= 15 is 0 Å². The SMILES string of the molecule is COc1ccc(CN2CC3(CCCN3C(=O)OCc3ccccc3)CC2=O)cc1. The van der Waals surface area contributed by atoms with Gasteiger partial charge in [-0.05, 0) is 36.1 Å². The standard InChI is InChI=1S/C23H26N2O4/c1-28-20-10-8-18(9-11-20)15-24-17-23(14-21(24)26)12-5-13-25(23)22(27)29-16-19-6-3-2-4-7-19/h2-4,6-11H,5,12-17H2,1H3. The number of likely N-dealkylation sites (tertiary alicyclic amines) is 2. The zero-order chi connectivity index (χ0) is 20.3. The molecule has 2 aromatic carbocycles. The van der Waals surface area contributed by atoms with Gasteiger partial charge in [-0.25, -0.2) is 4.79 Å². The molecule has 2 saturated heterocycles. The molecule has 2 aromatic rings. The quantitative estimate of drug-likeness (QED) is 0.778. The first-order valence-corrected chi connectivity index (χ1v) is 9.99. The molecule has 6 heteroatoms. The topological polar surface area (TPSA) is 59.1 Å². The van der Waals surface area contributed by atoms with Gasteiger partial charge in [0.05, 0.1) is 19.1 Å². The van der Waals surface area contributed by atoms with E-state index in [0.717, 1.165) is 29.7 Å². The van der Waals surface area contributed by atoms with Crippen LogP contribution in [-0.2, 0) is 22.7 Å². The van der Waals surface area contributed by atoms with Gasteiger partial charge >= 0.3 is 6.09 Å². The van der Waals surface area contributed by atoms with E-state index in [1.54, 1.807) is 12.0 Å². The number of amides is 2. The van der Waals surface area contributed by atoms with Crippen molar-refractivity contribution in [2.45, 2.75) is 38.0 Å². The molecule has 0 saturated carbocycles.